The van der Waals surface area contributed by atoms with E-state index in [9.17, 15) is 4.79 Å². The lowest BCUT2D eigenvalue weighted by atomic mass is 10.3. The molecule has 130 valence electrons. The molecule has 3 aromatic rings. The van der Waals surface area contributed by atoms with Crippen molar-refractivity contribution in [2.24, 2.45) is 0 Å². The Hall–Kier alpha value is -2.47. The fourth-order valence-electron chi connectivity index (χ4n) is 2.21. The van der Waals surface area contributed by atoms with Crippen molar-refractivity contribution in [3.63, 3.8) is 0 Å². The smallest absolute Gasteiger partial charge is 0.257 e. The molecule has 3 rings (SSSR count). The zero-order valence-corrected chi connectivity index (χ0v) is 14.8. The second-order valence-electron chi connectivity index (χ2n) is 5.51. The molecule has 2 aromatic carbocycles. The van der Waals surface area contributed by atoms with Gasteiger partial charge in [-0.3, -0.25) is 4.79 Å². The summed E-state index contributed by atoms with van der Waals surface area (Å²) >= 11 is 1.28. The second kappa shape index (κ2) is 8.58. The number of thioether (sulfide) groups is 1. The van der Waals surface area contributed by atoms with Crippen LogP contribution >= 0.6 is 11.8 Å². The van der Waals surface area contributed by atoms with Gasteiger partial charge in [0.2, 0.25) is 5.91 Å². The van der Waals surface area contributed by atoms with Crippen LogP contribution in [0, 0.1) is 0 Å². The maximum atomic E-state index is 12.1. The summed E-state index contributed by atoms with van der Waals surface area (Å²) in [7, 11) is 0. The van der Waals surface area contributed by atoms with Crippen LogP contribution in [0.5, 0.6) is 5.75 Å². The van der Waals surface area contributed by atoms with Crippen LogP contribution in [0.1, 0.15) is 19.8 Å². The summed E-state index contributed by atoms with van der Waals surface area (Å²) in [6.07, 6.45) is 2.14. The number of ether oxygens (including phenoxy) is 1. The van der Waals surface area contributed by atoms with E-state index in [4.69, 9.17) is 9.15 Å². The van der Waals surface area contributed by atoms with E-state index in [1.807, 2.05) is 48.5 Å². The number of rotatable bonds is 8. The summed E-state index contributed by atoms with van der Waals surface area (Å²) < 4.78 is 11.2. The molecule has 1 aromatic heterocycles. The van der Waals surface area contributed by atoms with Crippen molar-refractivity contribution >= 4 is 34.5 Å². The van der Waals surface area contributed by atoms with Gasteiger partial charge in [0.25, 0.3) is 5.22 Å². The van der Waals surface area contributed by atoms with E-state index in [-0.39, 0.29) is 11.7 Å². The molecule has 0 radical (unpaired) electrons. The normalized spacial score (nSPS) is 10.8. The van der Waals surface area contributed by atoms with Crippen molar-refractivity contribution < 1.29 is 13.9 Å². The topological polar surface area (TPSA) is 64.4 Å². The Morgan fingerprint density at radius 2 is 2.00 bits per heavy atom. The van der Waals surface area contributed by atoms with E-state index in [0.717, 1.165) is 35.4 Å². The van der Waals surface area contributed by atoms with E-state index >= 15 is 0 Å². The highest BCUT2D eigenvalue weighted by molar-refractivity contribution is 7.99. The Bertz CT molecular complexity index is 797. The molecular formula is C19H20N2O3S. The van der Waals surface area contributed by atoms with Gasteiger partial charge in [0.15, 0.2) is 5.58 Å². The number of oxazole rings is 1. The molecule has 0 aliphatic carbocycles. The van der Waals surface area contributed by atoms with E-state index in [0.29, 0.717) is 11.8 Å². The highest BCUT2D eigenvalue weighted by Gasteiger charge is 2.09. The number of para-hydroxylation sites is 2. The van der Waals surface area contributed by atoms with Crippen LogP contribution in [0.25, 0.3) is 11.1 Å². The third kappa shape index (κ3) is 5.00. The number of aromatic nitrogens is 1. The third-order valence-corrected chi connectivity index (χ3v) is 4.33. The molecular weight excluding hydrogens is 336 g/mol. The largest absolute Gasteiger partial charge is 0.494 e. The van der Waals surface area contributed by atoms with Gasteiger partial charge in [-0.1, -0.05) is 37.2 Å². The zero-order chi connectivity index (χ0) is 17.5. The number of fused-ring (bicyclic) bond motifs is 1. The average Bonchev–Trinajstić information content (AvgIpc) is 3.05. The lowest BCUT2D eigenvalue weighted by Crippen LogP contribution is -2.13. The number of hydrogen-bond donors (Lipinski definition) is 1. The van der Waals surface area contributed by atoms with Crippen LogP contribution in [0.15, 0.2) is 58.2 Å². The Balaban J connectivity index is 1.48. The lowest BCUT2D eigenvalue weighted by molar-refractivity contribution is -0.113. The fourth-order valence-corrected chi connectivity index (χ4v) is 2.84. The van der Waals surface area contributed by atoms with Gasteiger partial charge < -0.3 is 14.5 Å². The molecule has 0 aliphatic rings. The third-order valence-electron chi connectivity index (χ3n) is 3.51. The van der Waals surface area contributed by atoms with Crippen molar-refractivity contribution in [3.05, 3.63) is 48.5 Å². The molecule has 1 amide bonds. The molecule has 0 spiro atoms. The summed E-state index contributed by atoms with van der Waals surface area (Å²) in [5.41, 5.74) is 2.26. The van der Waals surface area contributed by atoms with Gasteiger partial charge in [0, 0.05) is 5.69 Å². The van der Waals surface area contributed by atoms with Crippen LogP contribution in [0.4, 0.5) is 5.69 Å². The van der Waals surface area contributed by atoms with Crippen LogP contribution in [-0.4, -0.2) is 23.3 Å². The minimum atomic E-state index is -0.105. The van der Waals surface area contributed by atoms with Gasteiger partial charge in [-0.15, -0.1) is 0 Å². The monoisotopic (exact) mass is 356 g/mol. The molecule has 0 bridgehead atoms. The van der Waals surface area contributed by atoms with Crippen LogP contribution in [0.3, 0.4) is 0 Å². The number of nitrogens with one attached hydrogen (secondary N) is 1. The standard InChI is InChI=1S/C19H20N2O3S/c1-2-3-12-23-15-10-8-14(9-11-15)20-18(22)13-25-19-21-16-6-4-5-7-17(16)24-19/h4-11H,2-3,12-13H2,1H3,(H,20,22). The summed E-state index contributed by atoms with van der Waals surface area (Å²) in [5.74, 6) is 0.945. The molecule has 0 atom stereocenters. The quantitative estimate of drug-likeness (QED) is 0.467. The van der Waals surface area contributed by atoms with Gasteiger partial charge in [-0.25, -0.2) is 4.98 Å². The highest BCUT2D eigenvalue weighted by atomic mass is 32.2. The number of carbonyl (C=O) groups is 1. The number of unbranched alkanes of at least 4 members (excludes halogenated alkanes) is 1. The van der Waals surface area contributed by atoms with Gasteiger partial charge >= 0.3 is 0 Å². The predicted octanol–water partition coefficient (Wildman–Crippen LogP) is 4.74. The van der Waals surface area contributed by atoms with Crippen molar-refractivity contribution in [1.29, 1.82) is 0 Å². The molecule has 25 heavy (non-hydrogen) atoms. The maximum absolute atomic E-state index is 12.1. The lowest BCUT2D eigenvalue weighted by Gasteiger charge is -2.07. The molecule has 0 aliphatic heterocycles. The van der Waals surface area contributed by atoms with Crippen molar-refractivity contribution in [1.82, 2.24) is 4.98 Å². The van der Waals surface area contributed by atoms with E-state index < -0.39 is 0 Å². The van der Waals surface area contributed by atoms with Crippen molar-refractivity contribution in [2.45, 2.75) is 25.0 Å². The number of amides is 1. The first-order valence-corrected chi connectivity index (χ1v) is 9.24. The van der Waals surface area contributed by atoms with Crippen LogP contribution in [0.2, 0.25) is 0 Å². The Morgan fingerprint density at radius 3 is 2.76 bits per heavy atom. The molecule has 0 saturated carbocycles. The van der Waals surface area contributed by atoms with Gasteiger partial charge in [0.1, 0.15) is 11.3 Å². The molecule has 0 unspecified atom stereocenters. The van der Waals surface area contributed by atoms with E-state index in [2.05, 4.69) is 17.2 Å². The fraction of sp³-hybridized carbons (Fsp3) is 0.263. The molecule has 0 saturated heterocycles. The second-order valence-corrected chi connectivity index (χ2v) is 6.44. The maximum Gasteiger partial charge on any atom is 0.257 e. The summed E-state index contributed by atoms with van der Waals surface area (Å²) in [6, 6.07) is 14.9. The minimum absolute atomic E-state index is 0.105. The first-order valence-electron chi connectivity index (χ1n) is 8.25. The zero-order valence-electron chi connectivity index (χ0n) is 14.0. The predicted molar refractivity (Wildman–Crippen MR) is 100 cm³/mol. The molecule has 1 heterocycles. The van der Waals surface area contributed by atoms with Gasteiger partial charge in [-0.2, -0.15) is 0 Å². The first-order chi connectivity index (χ1) is 12.2. The van der Waals surface area contributed by atoms with E-state index in [1.165, 1.54) is 11.8 Å². The van der Waals surface area contributed by atoms with Gasteiger partial charge in [0.05, 0.1) is 12.4 Å². The summed E-state index contributed by atoms with van der Waals surface area (Å²) in [6.45, 7) is 2.84. The van der Waals surface area contributed by atoms with Gasteiger partial charge in [-0.05, 0) is 42.8 Å². The van der Waals surface area contributed by atoms with Crippen molar-refractivity contribution in [3.8, 4) is 5.75 Å². The molecule has 1 N–H and O–H groups in total. The Kier molecular flexibility index (Phi) is 5.95. The highest BCUT2D eigenvalue weighted by Crippen LogP contribution is 2.23. The Morgan fingerprint density at radius 1 is 1.20 bits per heavy atom. The average molecular weight is 356 g/mol. The van der Waals surface area contributed by atoms with Crippen molar-refractivity contribution in [2.75, 3.05) is 17.7 Å². The van der Waals surface area contributed by atoms with Crippen LogP contribution in [-0.2, 0) is 4.79 Å². The Labute approximate surface area is 150 Å². The molecule has 5 nitrogen and oxygen atoms in total. The summed E-state index contributed by atoms with van der Waals surface area (Å²) in [4.78, 5) is 16.4. The summed E-state index contributed by atoms with van der Waals surface area (Å²) in [5, 5.41) is 3.35. The number of anilines is 1. The molecule has 6 heteroatoms. The first kappa shape index (κ1) is 17.4. The number of benzene rings is 2. The number of carbonyl (C=O) groups excluding carboxylic acids is 1. The van der Waals surface area contributed by atoms with E-state index in [1.54, 1.807) is 0 Å². The molecule has 0 fully saturated rings. The van der Waals surface area contributed by atoms with Crippen LogP contribution < -0.4 is 10.1 Å². The SMILES string of the molecule is CCCCOc1ccc(NC(=O)CSc2nc3ccccc3o2)cc1. The number of hydrogen-bond acceptors (Lipinski definition) is 5. The minimum Gasteiger partial charge on any atom is -0.494 e. The number of nitrogens with zero attached hydrogens (tertiary/aromatic N) is 1.